The number of benzene rings is 2. The van der Waals surface area contributed by atoms with Crippen LogP contribution in [0.1, 0.15) is 23.1 Å². The first-order valence-corrected chi connectivity index (χ1v) is 8.78. The molecule has 3 rings (SSSR count). The van der Waals surface area contributed by atoms with Crippen molar-refractivity contribution in [3.05, 3.63) is 79.5 Å². The molecule has 3 nitrogen and oxygen atoms in total. The summed E-state index contributed by atoms with van der Waals surface area (Å²) in [6, 6.07) is 5.13. The number of nitrogens with zero attached hydrogens (tertiary/aromatic N) is 2. The highest BCUT2D eigenvalue weighted by molar-refractivity contribution is 9.10. The smallest absolute Gasteiger partial charge is 0.182 e. The van der Waals surface area contributed by atoms with E-state index in [1.165, 1.54) is 10.6 Å². The topological polar surface area (TPSA) is 38.0 Å². The monoisotopic (exact) mass is 464 g/mol. The second kappa shape index (κ2) is 7.23. The Hall–Kier alpha value is -1.54. The molecule has 0 aliphatic rings. The van der Waals surface area contributed by atoms with Crippen LogP contribution in [-0.4, -0.2) is 14.7 Å². The number of hydrogen-bond donors (Lipinski definition) is 1. The third-order valence-electron chi connectivity index (χ3n) is 3.78. The maximum Gasteiger partial charge on any atom is 0.182 e. The van der Waals surface area contributed by atoms with Crippen LogP contribution >= 0.6 is 39.1 Å². The maximum absolute atomic E-state index is 14.4. The van der Waals surface area contributed by atoms with Crippen LogP contribution in [0.4, 0.5) is 13.2 Å². The van der Waals surface area contributed by atoms with Gasteiger partial charge >= 0.3 is 0 Å². The molecule has 1 atom stereocenters. The number of imidazole rings is 1. The lowest BCUT2D eigenvalue weighted by Gasteiger charge is -2.18. The van der Waals surface area contributed by atoms with Crippen molar-refractivity contribution >= 4 is 39.1 Å². The Morgan fingerprint density at radius 1 is 1.08 bits per heavy atom. The zero-order chi connectivity index (χ0) is 19.2. The van der Waals surface area contributed by atoms with Crippen LogP contribution < -0.4 is 0 Å². The minimum atomic E-state index is -1.36. The molecule has 9 heteroatoms. The first kappa shape index (κ1) is 19.2. The summed E-state index contributed by atoms with van der Waals surface area (Å²) in [6.45, 7) is 1.59. The summed E-state index contributed by atoms with van der Waals surface area (Å²) in [4.78, 5) is 4.17. The van der Waals surface area contributed by atoms with E-state index in [1.54, 1.807) is 6.92 Å². The van der Waals surface area contributed by atoms with Gasteiger partial charge < -0.3 is 5.11 Å². The van der Waals surface area contributed by atoms with Gasteiger partial charge in [-0.2, -0.15) is 0 Å². The minimum absolute atomic E-state index is 0.00792. The predicted octanol–water partition coefficient (Wildman–Crippen LogP) is 5.75. The molecule has 1 aromatic heterocycles. The van der Waals surface area contributed by atoms with Gasteiger partial charge in [-0.25, -0.2) is 18.2 Å². The Kier molecular flexibility index (Phi) is 5.35. The van der Waals surface area contributed by atoms with Crippen molar-refractivity contribution in [3.8, 4) is 5.69 Å². The van der Waals surface area contributed by atoms with Gasteiger partial charge in [-0.05, 0) is 41.1 Å². The van der Waals surface area contributed by atoms with E-state index in [-0.39, 0.29) is 31.7 Å². The zero-order valence-corrected chi connectivity index (χ0v) is 16.2. The van der Waals surface area contributed by atoms with Gasteiger partial charge in [0.05, 0.1) is 16.4 Å². The molecule has 0 saturated carbocycles. The predicted molar refractivity (Wildman–Crippen MR) is 96.4 cm³/mol. The fourth-order valence-corrected chi connectivity index (χ4v) is 3.84. The van der Waals surface area contributed by atoms with Crippen LogP contribution in [0.5, 0.6) is 0 Å². The third kappa shape index (κ3) is 3.36. The molecular weight excluding hydrogens is 456 g/mol. The minimum Gasteiger partial charge on any atom is -0.382 e. The first-order chi connectivity index (χ1) is 12.2. The zero-order valence-electron chi connectivity index (χ0n) is 13.1. The average Bonchev–Trinajstić information content (AvgIpc) is 2.80. The standard InChI is InChI=1S/C17H10BrCl2F3N2O/c1-7-14(16(26)10-3-2-8(21)4-11(10)19)25(17(18)24-7)15-12(20)5-9(22)6-13(15)23/h2-6,16,26H,1H3. The number of aryl methyl sites for hydroxylation is 1. The van der Waals surface area contributed by atoms with Crippen molar-refractivity contribution in [1.29, 1.82) is 0 Å². The normalized spacial score (nSPS) is 12.5. The van der Waals surface area contributed by atoms with E-state index in [2.05, 4.69) is 20.9 Å². The lowest BCUT2D eigenvalue weighted by molar-refractivity contribution is 0.212. The Labute approximate surface area is 165 Å². The Balaban J connectivity index is 2.25. The summed E-state index contributed by atoms with van der Waals surface area (Å²) in [6.07, 6.45) is -1.36. The fraction of sp³-hybridized carbons (Fsp3) is 0.118. The van der Waals surface area contributed by atoms with Crippen molar-refractivity contribution in [2.75, 3.05) is 0 Å². The van der Waals surface area contributed by atoms with Gasteiger partial charge in [0, 0.05) is 16.7 Å². The van der Waals surface area contributed by atoms with Crippen molar-refractivity contribution < 1.29 is 18.3 Å². The summed E-state index contributed by atoms with van der Waals surface area (Å²) < 4.78 is 42.5. The van der Waals surface area contributed by atoms with Gasteiger partial charge in [-0.15, -0.1) is 0 Å². The largest absolute Gasteiger partial charge is 0.382 e. The Bertz CT molecular complexity index is 987. The molecule has 136 valence electrons. The van der Waals surface area contributed by atoms with Crippen molar-refractivity contribution in [2.45, 2.75) is 13.0 Å². The first-order valence-electron chi connectivity index (χ1n) is 7.23. The van der Waals surface area contributed by atoms with Crippen LogP contribution in [-0.2, 0) is 0 Å². The Morgan fingerprint density at radius 3 is 2.35 bits per heavy atom. The average molecular weight is 466 g/mol. The molecule has 1 unspecified atom stereocenters. The number of aromatic nitrogens is 2. The van der Waals surface area contributed by atoms with E-state index in [4.69, 9.17) is 23.2 Å². The molecule has 0 fully saturated rings. The van der Waals surface area contributed by atoms with Crippen molar-refractivity contribution in [2.24, 2.45) is 0 Å². The van der Waals surface area contributed by atoms with E-state index >= 15 is 0 Å². The number of aliphatic hydroxyl groups is 1. The van der Waals surface area contributed by atoms with Crippen LogP contribution in [0.3, 0.4) is 0 Å². The number of rotatable bonds is 3. The van der Waals surface area contributed by atoms with Crippen LogP contribution in [0.25, 0.3) is 5.69 Å². The molecule has 0 aliphatic heterocycles. The van der Waals surface area contributed by atoms with Gasteiger partial charge in [0.1, 0.15) is 23.4 Å². The molecule has 26 heavy (non-hydrogen) atoms. The lowest BCUT2D eigenvalue weighted by Crippen LogP contribution is -2.11. The van der Waals surface area contributed by atoms with E-state index in [0.717, 1.165) is 18.2 Å². The fourth-order valence-electron chi connectivity index (χ4n) is 2.66. The molecule has 0 aliphatic carbocycles. The molecule has 0 spiro atoms. The van der Waals surface area contributed by atoms with Crippen LogP contribution in [0.2, 0.25) is 10.0 Å². The molecule has 0 bridgehead atoms. The molecule has 0 radical (unpaired) electrons. The molecule has 0 amide bonds. The highest BCUT2D eigenvalue weighted by Gasteiger charge is 2.27. The van der Waals surface area contributed by atoms with E-state index < -0.39 is 23.6 Å². The van der Waals surface area contributed by atoms with Gasteiger partial charge in [0.25, 0.3) is 0 Å². The highest BCUT2D eigenvalue weighted by atomic mass is 79.9. The van der Waals surface area contributed by atoms with Gasteiger partial charge in [-0.3, -0.25) is 4.57 Å². The molecular formula is C17H10BrCl2F3N2O. The van der Waals surface area contributed by atoms with Crippen LogP contribution in [0.15, 0.2) is 35.1 Å². The van der Waals surface area contributed by atoms with E-state index in [0.29, 0.717) is 11.8 Å². The summed E-state index contributed by atoms with van der Waals surface area (Å²) in [7, 11) is 0. The molecule has 3 aromatic rings. The maximum atomic E-state index is 14.4. The Morgan fingerprint density at radius 2 is 1.73 bits per heavy atom. The van der Waals surface area contributed by atoms with Gasteiger partial charge in [0.2, 0.25) is 0 Å². The van der Waals surface area contributed by atoms with Gasteiger partial charge in [0.15, 0.2) is 10.6 Å². The number of hydrogen-bond acceptors (Lipinski definition) is 2. The van der Waals surface area contributed by atoms with Crippen molar-refractivity contribution in [1.82, 2.24) is 9.55 Å². The second-order valence-electron chi connectivity index (χ2n) is 5.47. The molecule has 1 N–H and O–H groups in total. The summed E-state index contributed by atoms with van der Waals surface area (Å²) >= 11 is 15.2. The second-order valence-corrected chi connectivity index (χ2v) is 7.00. The third-order valence-corrected chi connectivity index (χ3v) is 4.92. The molecule has 0 saturated heterocycles. The van der Waals surface area contributed by atoms with E-state index in [1.807, 2.05) is 0 Å². The summed E-state index contributed by atoms with van der Waals surface area (Å²) in [5.41, 5.74) is 0.513. The SMILES string of the molecule is Cc1nc(Br)n(-c2c(F)cc(F)cc2Cl)c1C(O)c1ccc(F)cc1Cl. The summed E-state index contributed by atoms with van der Waals surface area (Å²) in [5, 5.41) is 10.6. The molecule has 2 aromatic carbocycles. The lowest BCUT2D eigenvalue weighted by atomic mass is 10.0. The number of halogens is 6. The van der Waals surface area contributed by atoms with E-state index in [9.17, 15) is 18.3 Å². The van der Waals surface area contributed by atoms with Crippen molar-refractivity contribution in [3.63, 3.8) is 0 Å². The van der Waals surface area contributed by atoms with Gasteiger partial charge in [-0.1, -0.05) is 29.3 Å². The highest BCUT2D eigenvalue weighted by Crippen LogP contribution is 2.37. The van der Waals surface area contributed by atoms with Crippen LogP contribution in [0, 0.1) is 24.4 Å². The molecule has 1 heterocycles. The number of aliphatic hydroxyl groups excluding tert-OH is 1. The quantitative estimate of drug-likeness (QED) is 0.534. The summed E-state index contributed by atoms with van der Waals surface area (Å²) in [5.74, 6) is -2.34.